The van der Waals surface area contributed by atoms with Crippen molar-refractivity contribution >= 4 is 5.82 Å². The third-order valence-corrected chi connectivity index (χ3v) is 7.68. The summed E-state index contributed by atoms with van der Waals surface area (Å²) in [4.78, 5) is 10.1. The van der Waals surface area contributed by atoms with Gasteiger partial charge < -0.3 is 14.9 Å². The smallest absolute Gasteiger partial charge is 0.129 e. The number of benzene rings is 1. The highest BCUT2D eigenvalue weighted by Gasteiger charge is 2.37. The van der Waals surface area contributed by atoms with Crippen molar-refractivity contribution in [2.24, 2.45) is 0 Å². The molecule has 32 heavy (non-hydrogen) atoms. The van der Waals surface area contributed by atoms with Gasteiger partial charge in [-0.1, -0.05) is 45.9 Å². The second-order valence-corrected chi connectivity index (χ2v) is 11.0. The molecule has 1 aromatic carbocycles. The number of aliphatic hydroxyl groups excluding tert-OH is 1. The highest BCUT2D eigenvalue weighted by molar-refractivity contribution is 5.65. The van der Waals surface area contributed by atoms with E-state index in [0.717, 1.165) is 63.5 Å². The Kier molecular flexibility index (Phi) is 6.92. The molecule has 2 aliphatic rings. The summed E-state index contributed by atoms with van der Waals surface area (Å²) in [6.45, 7) is 15.2. The molecule has 0 amide bonds. The molecule has 2 aromatic rings. The van der Waals surface area contributed by atoms with Gasteiger partial charge in [0.15, 0.2) is 0 Å². The summed E-state index contributed by atoms with van der Waals surface area (Å²) in [5.74, 6) is 1.09. The molecule has 4 nitrogen and oxygen atoms in total. The van der Waals surface area contributed by atoms with E-state index in [2.05, 4.69) is 73.9 Å². The van der Waals surface area contributed by atoms with Gasteiger partial charge in [0.05, 0.1) is 5.69 Å². The summed E-state index contributed by atoms with van der Waals surface area (Å²) in [6, 6.07) is 13.5. The molecule has 1 aliphatic carbocycles. The van der Waals surface area contributed by atoms with Crippen LogP contribution in [0.3, 0.4) is 0 Å². The average molecular weight is 436 g/mol. The van der Waals surface area contributed by atoms with E-state index in [1.54, 1.807) is 0 Å². The van der Waals surface area contributed by atoms with Crippen molar-refractivity contribution in [3.05, 3.63) is 47.5 Å². The maximum Gasteiger partial charge on any atom is 0.129 e. The van der Waals surface area contributed by atoms with Gasteiger partial charge in [-0.05, 0) is 85.3 Å². The summed E-state index contributed by atoms with van der Waals surface area (Å²) in [5, 5.41) is 9.05. The largest absolute Gasteiger partial charge is 0.396 e. The van der Waals surface area contributed by atoms with Gasteiger partial charge in [-0.2, -0.15) is 0 Å². The van der Waals surface area contributed by atoms with Gasteiger partial charge in [0.2, 0.25) is 0 Å². The predicted molar refractivity (Wildman–Crippen MR) is 135 cm³/mol. The first-order valence-electron chi connectivity index (χ1n) is 12.5. The molecule has 174 valence electrons. The normalized spacial score (nSPS) is 20.6. The van der Waals surface area contributed by atoms with Crippen LogP contribution in [0.25, 0.3) is 11.3 Å². The number of hydrogen-bond acceptors (Lipinski definition) is 4. The minimum atomic E-state index is 0.211. The third kappa shape index (κ3) is 5.02. The number of pyridine rings is 1. The maximum atomic E-state index is 9.05. The zero-order valence-corrected chi connectivity index (χ0v) is 20.5. The molecular formula is C28H41N3O. The Morgan fingerprint density at radius 1 is 0.875 bits per heavy atom. The number of hydrogen-bond donors (Lipinski definition) is 1. The fraction of sp³-hybridized carbons (Fsp3) is 0.607. The van der Waals surface area contributed by atoms with Crippen molar-refractivity contribution in [3.8, 4) is 11.3 Å². The molecule has 4 rings (SSSR count). The minimum Gasteiger partial charge on any atom is -0.396 e. The first kappa shape index (κ1) is 23.3. The number of unbranched alkanes of at least 4 members (excludes halogenated alkanes) is 1. The molecule has 0 radical (unpaired) electrons. The highest BCUT2D eigenvalue weighted by atomic mass is 16.2. The van der Waals surface area contributed by atoms with Crippen LogP contribution < -0.4 is 4.90 Å². The molecule has 1 aliphatic heterocycles. The summed E-state index contributed by atoms with van der Waals surface area (Å²) in [7, 11) is 0. The van der Waals surface area contributed by atoms with Crippen molar-refractivity contribution in [3.63, 3.8) is 0 Å². The lowest BCUT2D eigenvalue weighted by atomic mass is 9.63. The second-order valence-electron chi connectivity index (χ2n) is 11.0. The van der Waals surface area contributed by atoms with E-state index in [-0.39, 0.29) is 10.8 Å². The summed E-state index contributed by atoms with van der Waals surface area (Å²) >= 11 is 0. The summed E-state index contributed by atoms with van der Waals surface area (Å²) in [5.41, 5.74) is 5.76. The van der Waals surface area contributed by atoms with Crippen molar-refractivity contribution in [2.45, 2.75) is 70.6 Å². The number of anilines is 1. The second kappa shape index (κ2) is 9.52. The molecule has 0 saturated carbocycles. The molecule has 0 bridgehead atoms. The molecule has 0 spiro atoms. The van der Waals surface area contributed by atoms with Gasteiger partial charge in [-0.25, -0.2) is 4.98 Å². The average Bonchev–Trinajstić information content (AvgIpc) is 3.03. The molecule has 0 atom stereocenters. The molecule has 0 unspecified atom stereocenters. The van der Waals surface area contributed by atoms with E-state index in [1.807, 2.05) is 0 Å². The van der Waals surface area contributed by atoms with Crippen LogP contribution in [0.2, 0.25) is 0 Å². The lowest BCUT2D eigenvalue weighted by molar-refractivity contribution is 0.250. The van der Waals surface area contributed by atoms with E-state index in [4.69, 9.17) is 10.1 Å². The van der Waals surface area contributed by atoms with E-state index < -0.39 is 0 Å². The number of fused-ring (bicyclic) bond motifs is 1. The van der Waals surface area contributed by atoms with Gasteiger partial charge >= 0.3 is 0 Å². The molecule has 4 heteroatoms. The third-order valence-electron chi connectivity index (χ3n) is 7.68. The van der Waals surface area contributed by atoms with Crippen LogP contribution in [-0.4, -0.2) is 54.3 Å². The molecule has 1 N–H and O–H groups in total. The van der Waals surface area contributed by atoms with Crippen molar-refractivity contribution < 1.29 is 5.11 Å². The summed E-state index contributed by atoms with van der Waals surface area (Å²) in [6.07, 6.45) is 5.61. The van der Waals surface area contributed by atoms with Crippen molar-refractivity contribution in [1.82, 2.24) is 9.88 Å². The standard InChI is InChI=1S/C28H41N3O/c1-27(2)13-14-28(3,4)24-21-22(11-12-23(24)27)25-9-7-10-26(29-25)31-17-8-16-30(18-19-31)15-5-6-20-32/h7,9-12,21,32H,5-6,8,13-20H2,1-4H3. The van der Waals surface area contributed by atoms with E-state index in [1.165, 1.54) is 29.5 Å². The first-order chi connectivity index (χ1) is 15.3. The topological polar surface area (TPSA) is 39.6 Å². The van der Waals surface area contributed by atoms with Crippen LogP contribution in [0, 0.1) is 0 Å². The van der Waals surface area contributed by atoms with Crippen LogP contribution in [0.4, 0.5) is 5.82 Å². The lowest BCUT2D eigenvalue weighted by Crippen LogP contribution is -2.33. The van der Waals surface area contributed by atoms with Gasteiger partial charge in [0.25, 0.3) is 0 Å². The van der Waals surface area contributed by atoms with Gasteiger partial charge in [0, 0.05) is 31.8 Å². The Morgan fingerprint density at radius 2 is 1.66 bits per heavy atom. The summed E-state index contributed by atoms with van der Waals surface area (Å²) < 4.78 is 0. The van der Waals surface area contributed by atoms with Gasteiger partial charge in [-0.15, -0.1) is 0 Å². The molecular weight excluding hydrogens is 394 g/mol. The van der Waals surface area contributed by atoms with E-state index in [9.17, 15) is 0 Å². The Hall–Kier alpha value is -1.91. The van der Waals surface area contributed by atoms with Crippen molar-refractivity contribution in [2.75, 3.05) is 44.2 Å². The highest BCUT2D eigenvalue weighted by Crippen LogP contribution is 2.46. The molecule has 1 aromatic heterocycles. The maximum absolute atomic E-state index is 9.05. The van der Waals surface area contributed by atoms with E-state index >= 15 is 0 Å². The molecule has 1 saturated heterocycles. The SMILES string of the molecule is CC1(C)CCC(C)(C)c2cc(-c3cccc(N4CCCN(CCCCO)CC4)n3)ccc21. The predicted octanol–water partition coefficient (Wildman–Crippen LogP) is 5.38. The number of nitrogens with zero attached hydrogens (tertiary/aromatic N) is 3. The first-order valence-corrected chi connectivity index (χ1v) is 12.5. The van der Waals surface area contributed by atoms with Crippen LogP contribution in [-0.2, 0) is 10.8 Å². The fourth-order valence-corrected chi connectivity index (χ4v) is 5.38. The monoisotopic (exact) mass is 435 g/mol. The number of aliphatic hydroxyl groups is 1. The lowest BCUT2D eigenvalue weighted by Gasteiger charge is -2.42. The quantitative estimate of drug-likeness (QED) is 0.618. The van der Waals surface area contributed by atoms with Crippen LogP contribution in [0.5, 0.6) is 0 Å². The van der Waals surface area contributed by atoms with Crippen LogP contribution in [0.15, 0.2) is 36.4 Å². The van der Waals surface area contributed by atoms with Crippen molar-refractivity contribution in [1.29, 1.82) is 0 Å². The Morgan fingerprint density at radius 3 is 2.44 bits per heavy atom. The number of rotatable bonds is 6. The zero-order valence-electron chi connectivity index (χ0n) is 20.5. The molecule has 1 fully saturated rings. The number of aromatic nitrogens is 1. The van der Waals surface area contributed by atoms with Crippen LogP contribution >= 0.6 is 0 Å². The van der Waals surface area contributed by atoms with Crippen LogP contribution in [0.1, 0.15) is 70.9 Å². The zero-order chi connectivity index (χ0) is 22.8. The molecule has 2 heterocycles. The Balaban J connectivity index is 1.54. The Labute approximate surface area is 194 Å². The Bertz CT molecular complexity index is 921. The minimum absolute atomic E-state index is 0.211. The van der Waals surface area contributed by atoms with Gasteiger partial charge in [0.1, 0.15) is 5.82 Å². The van der Waals surface area contributed by atoms with Gasteiger partial charge in [-0.3, -0.25) is 0 Å². The van der Waals surface area contributed by atoms with E-state index in [0.29, 0.717) is 6.61 Å². The fourth-order valence-electron chi connectivity index (χ4n) is 5.38.